The summed E-state index contributed by atoms with van der Waals surface area (Å²) in [5, 5.41) is 10.7. The third kappa shape index (κ3) is 4.04. The summed E-state index contributed by atoms with van der Waals surface area (Å²) in [6.45, 7) is 0. The Balaban J connectivity index is 1.64. The van der Waals surface area contributed by atoms with Crippen LogP contribution in [0.1, 0.15) is 11.1 Å². The first-order valence-corrected chi connectivity index (χ1v) is 7.97. The monoisotopic (exact) mass is 327 g/mol. The molecule has 116 valence electrons. The van der Waals surface area contributed by atoms with Gasteiger partial charge < -0.3 is 5.32 Å². The second-order valence-corrected chi connectivity index (χ2v) is 6.15. The fraction of sp³-hybridized carbons (Fsp3) is 0.118. The summed E-state index contributed by atoms with van der Waals surface area (Å²) in [6.07, 6.45) is 1.97. The lowest BCUT2D eigenvalue weighted by Crippen LogP contribution is -2.25. The molecule has 0 radical (unpaired) electrons. The third-order valence-corrected chi connectivity index (χ3v) is 4.36. The average Bonchev–Trinajstić information content (AvgIpc) is 2.90. The minimum atomic E-state index is -0.360. The zero-order valence-electron chi connectivity index (χ0n) is 12.1. The van der Waals surface area contributed by atoms with Crippen molar-refractivity contribution in [1.29, 1.82) is 0 Å². The second kappa shape index (κ2) is 7.19. The van der Waals surface area contributed by atoms with E-state index in [0.29, 0.717) is 17.2 Å². The van der Waals surface area contributed by atoms with Crippen LogP contribution >= 0.6 is 11.8 Å². The summed E-state index contributed by atoms with van der Waals surface area (Å²) in [5.41, 5.74) is 1.45. The quantitative estimate of drug-likeness (QED) is 0.693. The molecular weight excluding hydrogens is 313 g/mol. The molecule has 0 aliphatic carbocycles. The SMILES string of the molecule is O=C1N/C(=N\N=C\c2ccccc2F)SC1Cc1ccccc1. The molecule has 1 heterocycles. The number of nitrogens with one attached hydrogen (secondary N) is 1. The maximum Gasteiger partial charge on any atom is 0.239 e. The molecule has 1 unspecified atom stereocenters. The number of rotatable bonds is 4. The first-order valence-electron chi connectivity index (χ1n) is 7.09. The predicted octanol–water partition coefficient (Wildman–Crippen LogP) is 2.99. The van der Waals surface area contributed by atoms with Crippen LogP contribution in [0, 0.1) is 5.82 Å². The Morgan fingerprint density at radius 2 is 1.87 bits per heavy atom. The van der Waals surface area contributed by atoms with Crippen LogP contribution < -0.4 is 5.32 Å². The van der Waals surface area contributed by atoms with Crippen molar-refractivity contribution in [2.75, 3.05) is 0 Å². The molecule has 0 spiro atoms. The van der Waals surface area contributed by atoms with Gasteiger partial charge in [-0.1, -0.05) is 60.3 Å². The van der Waals surface area contributed by atoms with Crippen molar-refractivity contribution in [2.45, 2.75) is 11.7 Å². The van der Waals surface area contributed by atoms with Gasteiger partial charge >= 0.3 is 0 Å². The fourth-order valence-electron chi connectivity index (χ4n) is 2.14. The van der Waals surface area contributed by atoms with Crippen LogP contribution in [0.2, 0.25) is 0 Å². The zero-order chi connectivity index (χ0) is 16.1. The molecule has 4 nitrogen and oxygen atoms in total. The van der Waals surface area contributed by atoms with E-state index in [-0.39, 0.29) is 17.0 Å². The molecule has 2 aromatic rings. The highest BCUT2D eigenvalue weighted by atomic mass is 32.2. The molecule has 1 fully saturated rings. The Morgan fingerprint density at radius 1 is 1.13 bits per heavy atom. The van der Waals surface area contributed by atoms with Crippen molar-refractivity contribution >= 4 is 29.1 Å². The van der Waals surface area contributed by atoms with Gasteiger partial charge in [-0.05, 0) is 18.1 Å². The molecule has 1 saturated heterocycles. The Bertz CT molecular complexity index is 761. The number of carbonyl (C=O) groups excluding carboxylic acids is 1. The molecule has 1 aliphatic rings. The molecule has 1 aliphatic heterocycles. The van der Waals surface area contributed by atoms with Gasteiger partial charge in [-0.2, -0.15) is 5.10 Å². The second-order valence-electron chi connectivity index (χ2n) is 4.96. The van der Waals surface area contributed by atoms with E-state index in [4.69, 9.17) is 0 Å². The third-order valence-electron chi connectivity index (χ3n) is 3.29. The number of benzene rings is 2. The van der Waals surface area contributed by atoms with Gasteiger partial charge in [0.05, 0.1) is 11.5 Å². The van der Waals surface area contributed by atoms with Crippen molar-refractivity contribution in [3.8, 4) is 0 Å². The molecule has 6 heteroatoms. The smallest absolute Gasteiger partial charge is 0.239 e. The van der Waals surface area contributed by atoms with Gasteiger partial charge in [-0.15, -0.1) is 5.10 Å². The highest BCUT2D eigenvalue weighted by Crippen LogP contribution is 2.23. The number of hydrogen-bond donors (Lipinski definition) is 1. The summed E-state index contributed by atoms with van der Waals surface area (Å²) in [7, 11) is 0. The number of hydrogen-bond acceptors (Lipinski definition) is 4. The first kappa shape index (κ1) is 15.4. The highest BCUT2D eigenvalue weighted by Gasteiger charge is 2.30. The number of nitrogens with zero attached hydrogens (tertiary/aromatic N) is 2. The van der Waals surface area contributed by atoms with Crippen molar-refractivity contribution < 1.29 is 9.18 Å². The van der Waals surface area contributed by atoms with E-state index in [1.54, 1.807) is 18.2 Å². The standard InChI is InChI=1S/C17H14FN3OS/c18-14-9-5-4-8-13(14)11-19-21-17-20-16(22)15(23-17)10-12-6-2-1-3-7-12/h1-9,11,15H,10H2,(H,20,21,22)/b19-11+. The highest BCUT2D eigenvalue weighted by molar-refractivity contribution is 8.15. The predicted molar refractivity (Wildman–Crippen MR) is 91.1 cm³/mol. The van der Waals surface area contributed by atoms with Gasteiger partial charge in [0.2, 0.25) is 5.91 Å². The van der Waals surface area contributed by atoms with Crippen LogP contribution in [0.5, 0.6) is 0 Å². The molecule has 1 atom stereocenters. The average molecular weight is 327 g/mol. The van der Waals surface area contributed by atoms with Crippen LogP contribution in [0.15, 0.2) is 64.8 Å². The zero-order valence-corrected chi connectivity index (χ0v) is 13.0. The molecule has 3 rings (SSSR count). The van der Waals surface area contributed by atoms with Gasteiger partial charge in [-0.25, -0.2) is 4.39 Å². The summed E-state index contributed by atoms with van der Waals surface area (Å²) < 4.78 is 13.4. The molecule has 1 amide bonds. The van der Waals surface area contributed by atoms with E-state index >= 15 is 0 Å². The normalized spacial score (nSPS) is 19.4. The van der Waals surface area contributed by atoms with Gasteiger partial charge in [-0.3, -0.25) is 4.79 Å². The van der Waals surface area contributed by atoms with Crippen LogP contribution in [0.25, 0.3) is 0 Å². The van der Waals surface area contributed by atoms with Crippen LogP contribution in [0.4, 0.5) is 4.39 Å². The number of thioether (sulfide) groups is 1. The largest absolute Gasteiger partial charge is 0.303 e. The van der Waals surface area contributed by atoms with E-state index in [0.717, 1.165) is 5.56 Å². The Labute approximate surface area is 137 Å². The van der Waals surface area contributed by atoms with Crippen LogP contribution in [-0.2, 0) is 11.2 Å². The molecule has 0 bridgehead atoms. The first-order chi connectivity index (χ1) is 11.2. The minimum Gasteiger partial charge on any atom is -0.303 e. The minimum absolute atomic E-state index is 0.0845. The van der Waals surface area contributed by atoms with E-state index in [2.05, 4.69) is 15.5 Å². The number of carbonyl (C=O) groups is 1. The Kier molecular flexibility index (Phi) is 4.83. The Morgan fingerprint density at radius 3 is 2.65 bits per heavy atom. The molecule has 1 N–H and O–H groups in total. The van der Waals surface area contributed by atoms with Crippen molar-refractivity contribution in [1.82, 2.24) is 5.32 Å². The maximum absolute atomic E-state index is 13.4. The van der Waals surface area contributed by atoms with E-state index < -0.39 is 0 Å². The maximum atomic E-state index is 13.4. The van der Waals surface area contributed by atoms with Crippen molar-refractivity contribution in [3.05, 3.63) is 71.5 Å². The van der Waals surface area contributed by atoms with E-state index in [1.807, 2.05) is 30.3 Å². The molecule has 0 saturated carbocycles. The van der Waals surface area contributed by atoms with Crippen molar-refractivity contribution in [2.24, 2.45) is 10.2 Å². The topological polar surface area (TPSA) is 53.8 Å². The molecule has 23 heavy (non-hydrogen) atoms. The summed E-state index contributed by atoms with van der Waals surface area (Å²) >= 11 is 1.33. The van der Waals surface area contributed by atoms with E-state index in [1.165, 1.54) is 24.0 Å². The van der Waals surface area contributed by atoms with Crippen LogP contribution in [0.3, 0.4) is 0 Å². The lowest BCUT2D eigenvalue weighted by molar-refractivity contribution is -0.118. The lowest BCUT2D eigenvalue weighted by Gasteiger charge is -2.04. The summed E-state index contributed by atoms with van der Waals surface area (Å²) in [4.78, 5) is 12.0. The van der Waals surface area contributed by atoms with E-state index in [9.17, 15) is 9.18 Å². The molecular formula is C17H14FN3OS. The van der Waals surface area contributed by atoms with Crippen molar-refractivity contribution in [3.63, 3.8) is 0 Å². The van der Waals surface area contributed by atoms with Gasteiger partial charge in [0, 0.05) is 5.56 Å². The molecule has 2 aromatic carbocycles. The van der Waals surface area contributed by atoms with Gasteiger partial charge in [0.1, 0.15) is 5.82 Å². The number of halogens is 1. The van der Waals surface area contributed by atoms with Gasteiger partial charge in [0.15, 0.2) is 5.17 Å². The van der Waals surface area contributed by atoms with Gasteiger partial charge in [0.25, 0.3) is 0 Å². The molecule has 0 aromatic heterocycles. The summed E-state index contributed by atoms with van der Waals surface area (Å²) in [6, 6.07) is 16.1. The fourth-order valence-corrected chi connectivity index (χ4v) is 3.10. The number of amides is 1. The number of amidine groups is 1. The lowest BCUT2D eigenvalue weighted by atomic mass is 10.1. The van der Waals surface area contributed by atoms with Crippen LogP contribution in [-0.4, -0.2) is 22.5 Å². The summed E-state index contributed by atoms with van der Waals surface area (Å²) in [5.74, 6) is -0.444. The Hall–Kier alpha value is -2.47.